The molecule has 0 spiro atoms. The predicted molar refractivity (Wildman–Crippen MR) is 69.3 cm³/mol. The van der Waals surface area contributed by atoms with Gasteiger partial charge in [0.15, 0.2) is 5.78 Å². The molecule has 1 atom stereocenters. The van der Waals surface area contributed by atoms with E-state index in [0.29, 0.717) is 24.2 Å². The van der Waals surface area contributed by atoms with Crippen LogP contribution in [0.25, 0.3) is 5.78 Å². The van der Waals surface area contributed by atoms with Crippen LogP contribution >= 0.6 is 0 Å². The van der Waals surface area contributed by atoms with Crippen molar-refractivity contribution in [2.75, 3.05) is 5.73 Å². The molecule has 0 amide bonds. The van der Waals surface area contributed by atoms with Gasteiger partial charge in [0.25, 0.3) is 5.78 Å². The minimum Gasteiger partial charge on any atom is -0.469 e. The number of ketones is 1. The van der Waals surface area contributed by atoms with Gasteiger partial charge in [-0.15, -0.1) is 5.10 Å². The molecule has 0 saturated heterocycles. The van der Waals surface area contributed by atoms with E-state index in [2.05, 4.69) is 15.1 Å². The number of hydrogen-bond donors (Lipinski definition) is 1. The summed E-state index contributed by atoms with van der Waals surface area (Å²) in [5.74, 6) is 1.42. The summed E-state index contributed by atoms with van der Waals surface area (Å²) < 4.78 is 6.97. The van der Waals surface area contributed by atoms with Gasteiger partial charge in [-0.05, 0) is 12.1 Å². The third kappa shape index (κ3) is 1.52. The van der Waals surface area contributed by atoms with Gasteiger partial charge >= 0.3 is 0 Å². The second-order valence-electron chi connectivity index (χ2n) is 4.84. The number of hydrogen-bond acceptors (Lipinski definition) is 6. The average Bonchev–Trinajstić information content (AvgIpc) is 3.06. The largest absolute Gasteiger partial charge is 0.469 e. The van der Waals surface area contributed by atoms with Gasteiger partial charge in [0.1, 0.15) is 5.76 Å². The van der Waals surface area contributed by atoms with Crippen molar-refractivity contribution >= 4 is 17.5 Å². The number of carbonyl (C=O) groups is 1. The summed E-state index contributed by atoms with van der Waals surface area (Å²) in [7, 11) is 0. The Balaban J connectivity index is 1.88. The highest BCUT2D eigenvalue weighted by molar-refractivity contribution is 5.98. The molecule has 0 radical (unpaired) electrons. The maximum Gasteiger partial charge on any atom is 0.254 e. The topological polar surface area (TPSA) is 99.3 Å². The van der Waals surface area contributed by atoms with Crippen molar-refractivity contribution in [3.8, 4) is 0 Å². The maximum absolute atomic E-state index is 12.3. The van der Waals surface area contributed by atoms with Crippen LogP contribution in [0.5, 0.6) is 0 Å². The average molecular weight is 269 g/mol. The number of nitrogens with two attached hydrogens (primary N) is 1. The summed E-state index contributed by atoms with van der Waals surface area (Å²) in [6.07, 6.45) is 4.23. The quantitative estimate of drug-likeness (QED) is 0.712. The molecule has 0 aromatic carbocycles. The summed E-state index contributed by atoms with van der Waals surface area (Å²) in [5.41, 5.74) is 6.98. The highest BCUT2D eigenvalue weighted by atomic mass is 16.3. The number of aromatic nitrogens is 4. The van der Waals surface area contributed by atoms with Crippen molar-refractivity contribution < 1.29 is 9.21 Å². The zero-order chi connectivity index (χ0) is 13.7. The zero-order valence-electron chi connectivity index (χ0n) is 10.5. The second kappa shape index (κ2) is 3.89. The van der Waals surface area contributed by atoms with Crippen LogP contribution in [-0.2, 0) is 6.42 Å². The molecule has 100 valence electrons. The summed E-state index contributed by atoms with van der Waals surface area (Å²) in [6.45, 7) is 0. The zero-order valence-corrected chi connectivity index (χ0v) is 10.5. The molecule has 1 aliphatic carbocycles. The summed E-state index contributed by atoms with van der Waals surface area (Å²) >= 11 is 0. The highest BCUT2D eigenvalue weighted by Crippen LogP contribution is 2.32. The molecule has 1 aliphatic rings. The molecule has 0 fully saturated rings. The number of carbonyl (C=O) groups excluding carboxylic acids is 1. The van der Waals surface area contributed by atoms with E-state index in [1.54, 1.807) is 17.0 Å². The van der Waals surface area contributed by atoms with Crippen LogP contribution in [0.2, 0.25) is 0 Å². The van der Waals surface area contributed by atoms with E-state index in [0.717, 1.165) is 11.5 Å². The van der Waals surface area contributed by atoms with Crippen LogP contribution in [0.1, 0.15) is 34.2 Å². The number of nitrogens with zero attached hydrogens (tertiary/aromatic N) is 4. The fraction of sp³-hybridized carbons (Fsp3) is 0.231. The molecule has 0 bridgehead atoms. The number of furan rings is 1. The fourth-order valence-electron chi connectivity index (χ4n) is 2.69. The maximum atomic E-state index is 12.3. The van der Waals surface area contributed by atoms with E-state index in [4.69, 9.17) is 10.2 Å². The van der Waals surface area contributed by atoms with Crippen LogP contribution in [0, 0.1) is 0 Å². The third-order valence-electron chi connectivity index (χ3n) is 3.60. The standard InChI is InChI=1S/C13H11N5O2/c14-12-16-13-15-6-8-9(18(13)17-12)4-7(5-10(8)19)11-2-1-3-20-11/h1-3,6-7H,4-5H2,(H2,14,17)/t7-/m1/s1. The minimum atomic E-state index is 0.0148. The Hall–Kier alpha value is -2.70. The first-order chi connectivity index (χ1) is 9.72. The lowest BCUT2D eigenvalue weighted by Crippen LogP contribution is -2.22. The Bertz CT molecular complexity index is 806. The summed E-state index contributed by atoms with van der Waals surface area (Å²) in [6, 6.07) is 3.71. The molecular weight excluding hydrogens is 258 g/mol. The lowest BCUT2D eigenvalue weighted by molar-refractivity contribution is 0.0958. The van der Waals surface area contributed by atoms with Gasteiger partial charge in [0.05, 0.1) is 17.5 Å². The van der Waals surface area contributed by atoms with E-state index < -0.39 is 0 Å². The van der Waals surface area contributed by atoms with Crippen molar-refractivity contribution in [2.45, 2.75) is 18.8 Å². The monoisotopic (exact) mass is 269 g/mol. The Morgan fingerprint density at radius 2 is 2.30 bits per heavy atom. The SMILES string of the molecule is Nc1nc2ncc3c(n2n1)C[C@@H](c1ccco1)CC3=O. The minimum absolute atomic E-state index is 0.0148. The predicted octanol–water partition coefficient (Wildman–Crippen LogP) is 1.21. The molecule has 7 heteroatoms. The van der Waals surface area contributed by atoms with Crippen molar-refractivity contribution in [2.24, 2.45) is 0 Å². The first kappa shape index (κ1) is 11.2. The molecule has 20 heavy (non-hydrogen) atoms. The molecule has 2 N–H and O–H groups in total. The van der Waals surface area contributed by atoms with Crippen molar-refractivity contribution in [1.29, 1.82) is 0 Å². The smallest absolute Gasteiger partial charge is 0.254 e. The van der Waals surface area contributed by atoms with E-state index in [9.17, 15) is 4.79 Å². The lowest BCUT2D eigenvalue weighted by Gasteiger charge is -2.21. The van der Waals surface area contributed by atoms with Crippen LogP contribution in [0.4, 0.5) is 5.95 Å². The molecule has 0 aliphatic heterocycles. The summed E-state index contributed by atoms with van der Waals surface area (Å²) in [5, 5.41) is 4.11. The van der Waals surface area contributed by atoms with Crippen LogP contribution in [-0.4, -0.2) is 25.4 Å². The van der Waals surface area contributed by atoms with E-state index in [-0.39, 0.29) is 17.6 Å². The number of rotatable bonds is 1. The number of nitrogen functional groups attached to an aromatic ring is 1. The van der Waals surface area contributed by atoms with Gasteiger partial charge in [0, 0.05) is 25.0 Å². The number of anilines is 1. The molecular formula is C13H11N5O2. The van der Waals surface area contributed by atoms with Gasteiger partial charge in [-0.2, -0.15) is 9.50 Å². The number of Topliss-reactive ketones (excluding diaryl/α,β-unsaturated/α-hetero) is 1. The molecule has 3 aromatic heterocycles. The molecule has 7 nitrogen and oxygen atoms in total. The van der Waals surface area contributed by atoms with Crippen molar-refractivity contribution in [3.63, 3.8) is 0 Å². The molecule has 3 heterocycles. The van der Waals surface area contributed by atoms with Gasteiger partial charge < -0.3 is 10.2 Å². The fourth-order valence-corrected chi connectivity index (χ4v) is 2.69. The van der Waals surface area contributed by atoms with E-state index >= 15 is 0 Å². The molecule has 4 rings (SSSR count). The van der Waals surface area contributed by atoms with Crippen molar-refractivity contribution in [1.82, 2.24) is 19.6 Å². The second-order valence-corrected chi connectivity index (χ2v) is 4.84. The first-order valence-electron chi connectivity index (χ1n) is 6.29. The van der Waals surface area contributed by atoms with Gasteiger partial charge in [-0.1, -0.05) is 0 Å². The Morgan fingerprint density at radius 3 is 3.10 bits per heavy atom. The van der Waals surface area contributed by atoms with Crippen LogP contribution in [0.3, 0.4) is 0 Å². The Kier molecular flexibility index (Phi) is 2.17. The van der Waals surface area contributed by atoms with Gasteiger partial charge in [-0.25, -0.2) is 4.98 Å². The van der Waals surface area contributed by atoms with Crippen molar-refractivity contribution in [3.05, 3.63) is 41.6 Å². The van der Waals surface area contributed by atoms with E-state index in [1.165, 1.54) is 0 Å². The third-order valence-corrected chi connectivity index (χ3v) is 3.60. The molecule has 3 aromatic rings. The number of fused-ring (bicyclic) bond motifs is 3. The Labute approximate surface area is 113 Å². The van der Waals surface area contributed by atoms with Crippen LogP contribution in [0.15, 0.2) is 29.0 Å². The van der Waals surface area contributed by atoms with E-state index in [1.807, 2.05) is 12.1 Å². The van der Waals surface area contributed by atoms with Gasteiger partial charge in [0.2, 0.25) is 5.95 Å². The normalized spacial score (nSPS) is 18.4. The van der Waals surface area contributed by atoms with Crippen LogP contribution < -0.4 is 5.73 Å². The van der Waals surface area contributed by atoms with Gasteiger partial charge in [-0.3, -0.25) is 4.79 Å². The highest BCUT2D eigenvalue weighted by Gasteiger charge is 2.30. The molecule has 0 unspecified atom stereocenters. The molecule has 0 saturated carbocycles. The summed E-state index contributed by atoms with van der Waals surface area (Å²) in [4.78, 5) is 20.4. The lowest BCUT2D eigenvalue weighted by atomic mass is 9.85. The first-order valence-corrected chi connectivity index (χ1v) is 6.29. The Morgan fingerprint density at radius 1 is 1.40 bits per heavy atom.